The van der Waals surface area contributed by atoms with Gasteiger partial charge in [0.25, 0.3) is 0 Å². The molecule has 0 bridgehead atoms. The summed E-state index contributed by atoms with van der Waals surface area (Å²) in [6, 6.07) is 0. The molecular weight excluding hydrogens is 296 g/mol. The van der Waals surface area contributed by atoms with Crippen molar-refractivity contribution in [1.82, 2.24) is 0 Å². The standard InChI is InChI=1S/C14H24O8/c1-8(2)20-12(16)10-9(11(15)17-5)21-13(3,18-6)14(4,19-7)22-10/h8-10H,1-7H3/t9-,10+,13+,14+/m0/s1. The summed E-state index contributed by atoms with van der Waals surface area (Å²) in [4.78, 5) is 24.2. The van der Waals surface area contributed by atoms with Crippen molar-refractivity contribution in [1.29, 1.82) is 0 Å². The number of carbonyl (C=O) groups is 2. The van der Waals surface area contributed by atoms with Crippen molar-refractivity contribution in [3.63, 3.8) is 0 Å². The van der Waals surface area contributed by atoms with Gasteiger partial charge in [0.05, 0.1) is 13.2 Å². The highest BCUT2D eigenvalue weighted by Crippen LogP contribution is 2.39. The first-order chi connectivity index (χ1) is 10.1. The number of carbonyl (C=O) groups excluding carboxylic acids is 2. The second-order valence-electron chi connectivity index (χ2n) is 5.39. The van der Waals surface area contributed by atoms with Crippen LogP contribution in [-0.4, -0.2) is 63.2 Å². The van der Waals surface area contributed by atoms with Gasteiger partial charge in [0.2, 0.25) is 11.6 Å². The van der Waals surface area contributed by atoms with Crippen LogP contribution in [0.2, 0.25) is 0 Å². The number of esters is 2. The summed E-state index contributed by atoms with van der Waals surface area (Å²) in [7, 11) is 3.94. The van der Waals surface area contributed by atoms with Gasteiger partial charge in [-0.25, -0.2) is 9.59 Å². The van der Waals surface area contributed by atoms with Gasteiger partial charge >= 0.3 is 11.9 Å². The van der Waals surface area contributed by atoms with Crippen LogP contribution in [0, 0.1) is 0 Å². The molecule has 8 heteroatoms. The van der Waals surface area contributed by atoms with Crippen LogP contribution in [0.5, 0.6) is 0 Å². The van der Waals surface area contributed by atoms with E-state index in [0.717, 1.165) is 0 Å². The highest BCUT2D eigenvalue weighted by atomic mass is 16.8. The molecule has 1 aliphatic heterocycles. The molecule has 1 aliphatic rings. The molecule has 0 aromatic carbocycles. The van der Waals surface area contributed by atoms with E-state index in [0.29, 0.717) is 0 Å². The van der Waals surface area contributed by atoms with E-state index < -0.39 is 35.7 Å². The van der Waals surface area contributed by atoms with E-state index in [1.54, 1.807) is 20.8 Å². The Labute approximate surface area is 129 Å². The van der Waals surface area contributed by atoms with Gasteiger partial charge in [0, 0.05) is 14.2 Å². The van der Waals surface area contributed by atoms with Crippen LogP contribution in [0.1, 0.15) is 27.7 Å². The van der Waals surface area contributed by atoms with E-state index in [1.807, 2.05) is 0 Å². The molecule has 1 fully saturated rings. The Bertz CT molecular complexity index is 423. The Kier molecular flexibility index (Phi) is 5.91. The lowest BCUT2D eigenvalue weighted by atomic mass is 10.0. The van der Waals surface area contributed by atoms with Gasteiger partial charge < -0.3 is 28.4 Å². The molecule has 4 atom stereocenters. The number of ether oxygens (including phenoxy) is 6. The number of hydrogen-bond acceptors (Lipinski definition) is 8. The molecular formula is C14H24O8. The van der Waals surface area contributed by atoms with E-state index in [-0.39, 0.29) is 6.10 Å². The van der Waals surface area contributed by atoms with Crippen LogP contribution in [0.3, 0.4) is 0 Å². The second kappa shape index (κ2) is 6.91. The smallest absolute Gasteiger partial charge is 0.339 e. The fourth-order valence-electron chi connectivity index (χ4n) is 2.05. The SMILES string of the molecule is COC(=O)[C@H]1O[C@@](C)(OC)[C@](C)(OC)O[C@H]1C(=O)OC(C)C. The van der Waals surface area contributed by atoms with Crippen molar-refractivity contribution in [3.8, 4) is 0 Å². The Morgan fingerprint density at radius 3 is 1.64 bits per heavy atom. The first-order valence-electron chi connectivity index (χ1n) is 6.88. The molecule has 0 aromatic rings. The predicted octanol–water partition coefficient (Wildman–Crippen LogP) is 0.620. The van der Waals surface area contributed by atoms with E-state index in [9.17, 15) is 9.59 Å². The average Bonchev–Trinajstić information content (AvgIpc) is 2.47. The van der Waals surface area contributed by atoms with E-state index in [1.165, 1.54) is 28.3 Å². The zero-order valence-electron chi connectivity index (χ0n) is 14.0. The summed E-state index contributed by atoms with van der Waals surface area (Å²) in [5, 5.41) is 0. The molecule has 1 rings (SSSR count). The predicted molar refractivity (Wildman–Crippen MR) is 73.8 cm³/mol. The van der Waals surface area contributed by atoms with Gasteiger partial charge in [-0.15, -0.1) is 0 Å². The molecule has 1 heterocycles. The first-order valence-corrected chi connectivity index (χ1v) is 6.88. The normalized spacial score (nSPS) is 35.3. The van der Waals surface area contributed by atoms with Crippen LogP contribution < -0.4 is 0 Å². The van der Waals surface area contributed by atoms with Gasteiger partial charge in [0.15, 0.2) is 12.2 Å². The van der Waals surface area contributed by atoms with Crippen LogP contribution in [0.25, 0.3) is 0 Å². The fraction of sp³-hybridized carbons (Fsp3) is 0.857. The highest BCUT2D eigenvalue weighted by Gasteiger charge is 2.60. The minimum absolute atomic E-state index is 0.376. The third-order valence-electron chi connectivity index (χ3n) is 3.60. The zero-order valence-corrected chi connectivity index (χ0v) is 14.0. The molecule has 0 N–H and O–H groups in total. The van der Waals surface area contributed by atoms with Crippen LogP contribution in [0.15, 0.2) is 0 Å². The highest BCUT2D eigenvalue weighted by molar-refractivity contribution is 5.86. The maximum atomic E-state index is 12.2. The lowest BCUT2D eigenvalue weighted by Gasteiger charge is -2.50. The maximum Gasteiger partial charge on any atom is 0.339 e. The van der Waals surface area contributed by atoms with Gasteiger partial charge in [0.1, 0.15) is 0 Å². The van der Waals surface area contributed by atoms with Gasteiger partial charge in [-0.05, 0) is 27.7 Å². The topological polar surface area (TPSA) is 89.5 Å². The summed E-state index contributed by atoms with van der Waals surface area (Å²) in [6.07, 6.45) is -3.04. The van der Waals surface area contributed by atoms with Gasteiger partial charge in [-0.3, -0.25) is 0 Å². The largest absolute Gasteiger partial charge is 0.467 e. The molecule has 22 heavy (non-hydrogen) atoms. The quantitative estimate of drug-likeness (QED) is 0.681. The number of rotatable bonds is 5. The molecule has 0 amide bonds. The van der Waals surface area contributed by atoms with Crippen molar-refractivity contribution >= 4 is 11.9 Å². The van der Waals surface area contributed by atoms with E-state index in [2.05, 4.69) is 4.74 Å². The molecule has 0 unspecified atom stereocenters. The molecule has 8 nitrogen and oxygen atoms in total. The summed E-state index contributed by atoms with van der Waals surface area (Å²) in [6.45, 7) is 6.45. The van der Waals surface area contributed by atoms with Gasteiger partial charge in [-0.1, -0.05) is 0 Å². The van der Waals surface area contributed by atoms with Crippen molar-refractivity contribution in [2.45, 2.75) is 57.6 Å². The molecule has 0 spiro atoms. The molecule has 0 radical (unpaired) electrons. The minimum Gasteiger partial charge on any atom is -0.467 e. The average molecular weight is 320 g/mol. The third-order valence-corrected chi connectivity index (χ3v) is 3.60. The van der Waals surface area contributed by atoms with Crippen LogP contribution >= 0.6 is 0 Å². The van der Waals surface area contributed by atoms with E-state index >= 15 is 0 Å². The maximum absolute atomic E-state index is 12.2. The summed E-state index contributed by atoms with van der Waals surface area (Å²) in [5.41, 5.74) is 0. The molecule has 0 saturated carbocycles. The van der Waals surface area contributed by atoms with Crippen LogP contribution in [0.4, 0.5) is 0 Å². The third kappa shape index (κ3) is 3.40. The van der Waals surface area contributed by atoms with Gasteiger partial charge in [-0.2, -0.15) is 0 Å². The molecule has 0 aromatic heterocycles. The Hall–Kier alpha value is -1.22. The lowest BCUT2D eigenvalue weighted by Crippen LogP contribution is -2.68. The molecule has 1 saturated heterocycles. The first kappa shape index (κ1) is 18.8. The summed E-state index contributed by atoms with van der Waals surface area (Å²) in [5.74, 6) is -4.36. The summed E-state index contributed by atoms with van der Waals surface area (Å²) >= 11 is 0. The van der Waals surface area contributed by atoms with E-state index in [4.69, 9.17) is 23.7 Å². The molecule has 128 valence electrons. The Morgan fingerprint density at radius 2 is 1.32 bits per heavy atom. The zero-order chi connectivity index (χ0) is 17.1. The van der Waals surface area contributed by atoms with Crippen molar-refractivity contribution in [3.05, 3.63) is 0 Å². The van der Waals surface area contributed by atoms with Crippen molar-refractivity contribution in [2.24, 2.45) is 0 Å². The molecule has 0 aliphatic carbocycles. The fourth-order valence-corrected chi connectivity index (χ4v) is 2.05. The minimum atomic E-state index is -1.42. The second-order valence-corrected chi connectivity index (χ2v) is 5.39. The monoisotopic (exact) mass is 320 g/mol. The lowest BCUT2D eigenvalue weighted by molar-refractivity contribution is -0.439. The number of methoxy groups -OCH3 is 3. The van der Waals surface area contributed by atoms with Crippen molar-refractivity contribution < 1.29 is 38.0 Å². The number of hydrogen-bond donors (Lipinski definition) is 0. The Morgan fingerprint density at radius 1 is 0.909 bits per heavy atom. The van der Waals surface area contributed by atoms with Crippen molar-refractivity contribution in [2.75, 3.05) is 21.3 Å². The Balaban J connectivity index is 3.17. The van der Waals surface area contributed by atoms with Crippen LogP contribution in [-0.2, 0) is 38.0 Å². The summed E-state index contributed by atoms with van der Waals surface area (Å²) < 4.78 is 31.7.